The third-order valence-electron chi connectivity index (χ3n) is 3.40. The van der Waals surface area contributed by atoms with E-state index in [1.165, 1.54) is 17.4 Å². The lowest BCUT2D eigenvalue weighted by atomic mass is 10.2. The first-order chi connectivity index (χ1) is 10.0. The third-order valence-corrected chi connectivity index (χ3v) is 6.91. The van der Waals surface area contributed by atoms with Crippen LogP contribution in [0, 0.1) is 0 Å². The molecule has 1 aromatic heterocycles. The predicted octanol–water partition coefficient (Wildman–Crippen LogP) is 1.77. The van der Waals surface area contributed by atoms with Gasteiger partial charge in [0.2, 0.25) is 5.91 Å². The van der Waals surface area contributed by atoms with Crippen LogP contribution in [0.3, 0.4) is 0 Å². The predicted molar refractivity (Wildman–Crippen MR) is 83.8 cm³/mol. The third kappa shape index (κ3) is 4.15. The van der Waals surface area contributed by atoms with Crippen LogP contribution in [0.2, 0.25) is 0 Å². The van der Waals surface area contributed by atoms with E-state index in [4.69, 9.17) is 0 Å². The summed E-state index contributed by atoms with van der Waals surface area (Å²) in [5, 5.41) is 2.68. The Morgan fingerprint density at radius 1 is 1.33 bits per heavy atom. The molecule has 0 bridgehead atoms. The van der Waals surface area contributed by atoms with E-state index in [-0.39, 0.29) is 5.91 Å². The van der Waals surface area contributed by atoms with Gasteiger partial charge in [0.15, 0.2) is 0 Å². The Labute approximate surface area is 129 Å². The molecule has 0 spiro atoms. The van der Waals surface area contributed by atoms with E-state index in [2.05, 4.69) is 11.9 Å². The van der Waals surface area contributed by atoms with Gasteiger partial charge in [-0.1, -0.05) is 13.0 Å². The summed E-state index contributed by atoms with van der Waals surface area (Å²) >= 11 is 1.29. The number of amides is 1. The number of sulfonamides is 1. The van der Waals surface area contributed by atoms with Crippen molar-refractivity contribution in [3.8, 4) is 0 Å². The first kappa shape index (κ1) is 16.2. The molecule has 2 rings (SSSR count). The normalized spacial score (nSPS) is 16.6. The molecule has 1 N–H and O–H groups in total. The molecule has 21 heavy (non-hydrogen) atoms. The van der Waals surface area contributed by atoms with Gasteiger partial charge in [-0.3, -0.25) is 4.79 Å². The van der Waals surface area contributed by atoms with Crippen LogP contribution in [0.5, 0.6) is 0 Å². The number of nitrogens with zero attached hydrogens (tertiary/aromatic N) is 1. The van der Waals surface area contributed by atoms with Crippen molar-refractivity contribution in [2.24, 2.45) is 0 Å². The van der Waals surface area contributed by atoms with E-state index in [1.54, 1.807) is 10.4 Å². The van der Waals surface area contributed by atoms with Gasteiger partial charge in [-0.15, -0.1) is 11.3 Å². The lowest BCUT2D eigenvalue weighted by Gasteiger charge is -2.25. The summed E-state index contributed by atoms with van der Waals surface area (Å²) in [5.41, 5.74) is 0. The van der Waals surface area contributed by atoms with Crippen molar-refractivity contribution in [2.45, 2.75) is 29.9 Å². The monoisotopic (exact) mass is 328 g/mol. The lowest BCUT2D eigenvalue weighted by molar-refractivity contribution is -0.116. The average Bonchev–Trinajstić information content (AvgIpc) is 2.97. The standard InChI is InChI=1S/C14H20N2O3S2/c1-2-13(17)15-9-8-12-6-7-14(20-12)21(18,19)16-10-4-3-5-11-16/h2,6-7H,1,3-5,8-11H2,(H,15,17). The number of thiophene rings is 1. The second-order valence-corrected chi connectivity index (χ2v) is 8.26. The average molecular weight is 328 g/mol. The Hall–Kier alpha value is -1.18. The van der Waals surface area contributed by atoms with Crippen molar-refractivity contribution in [2.75, 3.05) is 19.6 Å². The maximum atomic E-state index is 12.5. The van der Waals surface area contributed by atoms with Crippen molar-refractivity contribution in [3.63, 3.8) is 0 Å². The Morgan fingerprint density at radius 2 is 2.05 bits per heavy atom. The number of hydrogen-bond donors (Lipinski definition) is 1. The minimum Gasteiger partial charge on any atom is -0.352 e. The smallest absolute Gasteiger partial charge is 0.252 e. The zero-order valence-corrected chi connectivity index (χ0v) is 13.5. The van der Waals surface area contributed by atoms with Crippen LogP contribution in [0.15, 0.2) is 29.0 Å². The molecule has 1 amide bonds. The Kier molecular flexibility index (Phi) is 5.55. The van der Waals surface area contributed by atoms with E-state index >= 15 is 0 Å². The zero-order chi connectivity index (χ0) is 15.3. The van der Waals surface area contributed by atoms with Crippen molar-refractivity contribution in [1.82, 2.24) is 9.62 Å². The van der Waals surface area contributed by atoms with Gasteiger partial charge in [0.25, 0.3) is 10.0 Å². The van der Waals surface area contributed by atoms with Crippen LogP contribution < -0.4 is 5.32 Å². The summed E-state index contributed by atoms with van der Waals surface area (Å²) in [5.74, 6) is -0.215. The second kappa shape index (κ2) is 7.20. The first-order valence-electron chi connectivity index (χ1n) is 7.03. The summed E-state index contributed by atoms with van der Waals surface area (Å²) < 4.78 is 26.9. The highest BCUT2D eigenvalue weighted by Crippen LogP contribution is 2.27. The molecule has 1 fully saturated rings. The van der Waals surface area contributed by atoms with Gasteiger partial charge in [0, 0.05) is 24.5 Å². The molecule has 0 saturated carbocycles. The highest BCUT2D eigenvalue weighted by molar-refractivity contribution is 7.91. The van der Waals surface area contributed by atoms with Crippen molar-refractivity contribution in [1.29, 1.82) is 0 Å². The molecular formula is C14H20N2O3S2. The molecule has 1 aromatic rings. The topological polar surface area (TPSA) is 66.5 Å². The fraction of sp³-hybridized carbons (Fsp3) is 0.500. The van der Waals surface area contributed by atoms with Gasteiger partial charge in [-0.2, -0.15) is 4.31 Å². The van der Waals surface area contributed by atoms with Crippen LogP contribution in [0.4, 0.5) is 0 Å². The van der Waals surface area contributed by atoms with Gasteiger partial charge in [0.1, 0.15) is 4.21 Å². The molecule has 2 heterocycles. The van der Waals surface area contributed by atoms with Crippen LogP contribution in [0.25, 0.3) is 0 Å². The van der Waals surface area contributed by atoms with Crippen LogP contribution in [-0.4, -0.2) is 38.3 Å². The minimum atomic E-state index is -3.34. The highest BCUT2D eigenvalue weighted by atomic mass is 32.2. The number of nitrogens with one attached hydrogen (secondary N) is 1. The number of hydrogen-bond acceptors (Lipinski definition) is 4. The summed E-state index contributed by atoms with van der Waals surface area (Å²) in [7, 11) is -3.34. The Morgan fingerprint density at radius 3 is 2.71 bits per heavy atom. The van der Waals surface area contributed by atoms with E-state index in [0.29, 0.717) is 30.3 Å². The summed E-state index contributed by atoms with van der Waals surface area (Å²) in [6, 6.07) is 3.49. The fourth-order valence-corrected chi connectivity index (χ4v) is 5.27. The molecule has 0 atom stereocenters. The van der Waals surface area contributed by atoms with Gasteiger partial charge in [0.05, 0.1) is 0 Å². The molecule has 1 saturated heterocycles. The largest absolute Gasteiger partial charge is 0.352 e. The molecule has 116 valence electrons. The summed E-state index contributed by atoms with van der Waals surface area (Å²) in [4.78, 5) is 12.0. The fourth-order valence-electron chi connectivity index (χ4n) is 2.24. The molecule has 0 aromatic carbocycles. The number of carbonyl (C=O) groups excluding carboxylic acids is 1. The van der Waals surface area contributed by atoms with Crippen LogP contribution in [-0.2, 0) is 21.2 Å². The summed E-state index contributed by atoms with van der Waals surface area (Å²) in [6.07, 6.45) is 4.82. The maximum absolute atomic E-state index is 12.5. The number of carbonyl (C=O) groups is 1. The quantitative estimate of drug-likeness (QED) is 0.809. The summed E-state index contributed by atoms with van der Waals surface area (Å²) in [6.45, 7) is 5.09. The van der Waals surface area contributed by atoms with Crippen molar-refractivity contribution >= 4 is 27.3 Å². The molecule has 7 heteroatoms. The Balaban J connectivity index is 1.98. The van der Waals surface area contributed by atoms with E-state index in [9.17, 15) is 13.2 Å². The number of piperidine rings is 1. The van der Waals surface area contributed by atoms with Crippen molar-refractivity contribution in [3.05, 3.63) is 29.7 Å². The first-order valence-corrected chi connectivity index (χ1v) is 9.29. The van der Waals surface area contributed by atoms with E-state index in [0.717, 1.165) is 24.1 Å². The Bertz CT molecular complexity index is 601. The molecular weight excluding hydrogens is 308 g/mol. The minimum absolute atomic E-state index is 0.215. The molecule has 0 unspecified atom stereocenters. The molecule has 0 radical (unpaired) electrons. The molecule has 5 nitrogen and oxygen atoms in total. The van der Waals surface area contributed by atoms with Gasteiger partial charge in [-0.05, 0) is 37.5 Å². The second-order valence-electron chi connectivity index (χ2n) is 4.93. The molecule has 0 aliphatic carbocycles. The van der Waals surface area contributed by atoms with Crippen LogP contribution >= 0.6 is 11.3 Å². The number of rotatable bonds is 6. The van der Waals surface area contributed by atoms with Crippen LogP contribution in [0.1, 0.15) is 24.1 Å². The zero-order valence-electron chi connectivity index (χ0n) is 11.9. The van der Waals surface area contributed by atoms with E-state index < -0.39 is 10.0 Å². The molecule has 1 aliphatic heterocycles. The van der Waals surface area contributed by atoms with Crippen molar-refractivity contribution < 1.29 is 13.2 Å². The maximum Gasteiger partial charge on any atom is 0.252 e. The van der Waals surface area contributed by atoms with E-state index in [1.807, 2.05) is 6.07 Å². The highest BCUT2D eigenvalue weighted by Gasteiger charge is 2.27. The molecule has 1 aliphatic rings. The lowest BCUT2D eigenvalue weighted by Crippen LogP contribution is -2.35. The van der Waals surface area contributed by atoms with Gasteiger partial charge >= 0.3 is 0 Å². The SMILES string of the molecule is C=CC(=O)NCCc1ccc(S(=O)(=O)N2CCCCC2)s1. The van der Waals surface area contributed by atoms with Gasteiger partial charge in [-0.25, -0.2) is 8.42 Å². The van der Waals surface area contributed by atoms with Gasteiger partial charge < -0.3 is 5.32 Å².